The summed E-state index contributed by atoms with van der Waals surface area (Å²) in [5.41, 5.74) is 0. The normalized spacial score (nSPS) is 20.6. The molecule has 1 aliphatic heterocycles. The lowest BCUT2D eigenvalue weighted by Gasteiger charge is -2.23. The van der Waals surface area contributed by atoms with Crippen LogP contribution in [0.3, 0.4) is 0 Å². The van der Waals surface area contributed by atoms with Crippen LogP contribution < -0.4 is 5.32 Å². The van der Waals surface area contributed by atoms with Gasteiger partial charge in [0.1, 0.15) is 15.7 Å². The largest absolute Gasteiger partial charge is 0.366 e. The van der Waals surface area contributed by atoms with Gasteiger partial charge in [-0.05, 0) is 25.0 Å². The molecule has 6 heteroatoms. The van der Waals surface area contributed by atoms with Crippen LogP contribution in [0.2, 0.25) is 5.02 Å². The maximum Gasteiger partial charge on any atom is 0.150 e. The minimum atomic E-state index is -2.81. The Kier molecular flexibility index (Phi) is 3.35. The molecule has 4 nitrogen and oxygen atoms in total. The minimum Gasteiger partial charge on any atom is -0.366 e. The second kappa shape index (κ2) is 4.59. The molecule has 1 aromatic heterocycles. The van der Waals surface area contributed by atoms with E-state index in [1.165, 1.54) is 0 Å². The monoisotopic (exact) mass is 260 g/mol. The highest BCUT2D eigenvalue weighted by atomic mass is 35.5. The van der Waals surface area contributed by atoms with Gasteiger partial charge in [-0.1, -0.05) is 11.6 Å². The zero-order chi connectivity index (χ0) is 11.6. The first-order valence-corrected chi connectivity index (χ1v) is 7.34. The molecule has 16 heavy (non-hydrogen) atoms. The predicted molar refractivity (Wildman–Crippen MR) is 64.5 cm³/mol. The van der Waals surface area contributed by atoms with Gasteiger partial charge in [0.25, 0.3) is 0 Å². The summed E-state index contributed by atoms with van der Waals surface area (Å²) in [6.07, 6.45) is 2.90. The fraction of sp³-hybridized carbons (Fsp3) is 0.500. The second-order valence-corrected chi connectivity index (χ2v) is 6.62. The van der Waals surface area contributed by atoms with Gasteiger partial charge < -0.3 is 5.32 Å². The van der Waals surface area contributed by atoms with Gasteiger partial charge in [-0.2, -0.15) is 0 Å². The van der Waals surface area contributed by atoms with Crippen molar-refractivity contribution in [3.8, 4) is 0 Å². The van der Waals surface area contributed by atoms with Crippen molar-refractivity contribution in [3.63, 3.8) is 0 Å². The molecule has 1 saturated heterocycles. The molecule has 0 aromatic carbocycles. The van der Waals surface area contributed by atoms with Crippen LogP contribution >= 0.6 is 11.6 Å². The van der Waals surface area contributed by atoms with Crippen LogP contribution in [0.4, 0.5) is 5.82 Å². The Morgan fingerprint density at radius 3 is 2.69 bits per heavy atom. The SMILES string of the molecule is O=S1(=O)CCC(Nc2ncccc2Cl)CC1. The molecular weight excluding hydrogens is 248 g/mol. The van der Waals surface area contributed by atoms with Gasteiger partial charge in [0.15, 0.2) is 0 Å². The first kappa shape index (κ1) is 11.7. The van der Waals surface area contributed by atoms with Crippen LogP contribution in [0.15, 0.2) is 18.3 Å². The van der Waals surface area contributed by atoms with Crippen molar-refractivity contribution in [2.75, 3.05) is 16.8 Å². The quantitative estimate of drug-likeness (QED) is 0.880. The highest BCUT2D eigenvalue weighted by molar-refractivity contribution is 7.91. The second-order valence-electron chi connectivity index (χ2n) is 3.90. The minimum absolute atomic E-state index is 0.149. The van der Waals surface area contributed by atoms with Crippen LogP contribution in [-0.2, 0) is 9.84 Å². The Hall–Kier alpha value is -0.810. The number of nitrogens with zero attached hydrogens (tertiary/aromatic N) is 1. The van der Waals surface area contributed by atoms with Gasteiger partial charge in [-0.25, -0.2) is 13.4 Å². The Morgan fingerprint density at radius 1 is 1.38 bits per heavy atom. The zero-order valence-electron chi connectivity index (χ0n) is 8.69. The molecule has 0 bridgehead atoms. The number of rotatable bonds is 2. The van der Waals surface area contributed by atoms with E-state index in [-0.39, 0.29) is 17.5 Å². The van der Waals surface area contributed by atoms with Crippen LogP contribution in [0.25, 0.3) is 0 Å². The van der Waals surface area contributed by atoms with Gasteiger partial charge in [0.2, 0.25) is 0 Å². The number of aromatic nitrogens is 1. The molecule has 2 rings (SSSR count). The van der Waals surface area contributed by atoms with Gasteiger partial charge >= 0.3 is 0 Å². The molecule has 88 valence electrons. The molecule has 0 radical (unpaired) electrons. The fourth-order valence-electron chi connectivity index (χ4n) is 1.72. The lowest BCUT2D eigenvalue weighted by Crippen LogP contribution is -2.32. The van der Waals surface area contributed by atoms with E-state index in [2.05, 4.69) is 10.3 Å². The average molecular weight is 261 g/mol. The van der Waals surface area contributed by atoms with Crippen LogP contribution in [0, 0.1) is 0 Å². The summed E-state index contributed by atoms with van der Waals surface area (Å²) in [5.74, 6) is 1.12. The molecule has 1 aliphatic rings. The van der Waals surface area contributed by atoms with E-state index in [4.69, 9.17) is 11.6 Å². The maximum atomic E-state index is 11.2. The number of halogens is 1. The standard InChI is InChI=1S/C10H13ClN2O2S/c11-9-2-1-5-12-10(9)13-8-3-6-16(14,15)7-4-8/h1-2,5,8H,3-4,6-7H2,(H,12,13). The fourth-order valence-corrected chi connectivity index (χ4v) is 3.39. The van der Waals surface area contributed by atoms with E-state index in [0.717, 1.165) is 0 Å². The number of nitrogens with one attached hydrogen (secondary N) is 1. The van der Waals surface area contributed by atoms with Gasteiger partial charge in [-0.3, -0.25) is 0 Å². The Morgan fingerprint density at radius 2 is 2.06 bits per heavy atom. The molecule has 0 spiro atoms. The first-order valence-electron chi connectivity index (χ1n) is 5.14. The molecule has 0 aliphatic carbocycles. The molecule has 0 unspecified atom stereocenters. The summed E-state index contributed by atoms with van der Waals surface area (Å²) >= 11 is 5.96. The van der Waals surface area contributed by atoms with E-state index in [9.17, 15) is 8.42 Å². The van der Waals surface area contributed by atoms with Gasteiger partial charge in [0.05, 0.1) is 16.5 Å². The number of hydrogen-bond acceptors (Lipinski definition) is 4. The van der Waals surface area contributed by atoms with E-state index in [0.29, 0.717) is 23.7 Å². The Balaban J connectivity index is 2.00. The summed E-state index contributed by atoms with van der Waals surface area (Å²) in [6, 6.07) is 3.67. The third kappa shape index (κ3) is 2.86. The highest BCUT2D eigenvalue weighted by Gasteiger charge is 2.23. The molecule has 1 N–H and O–H groups in total. The van der Waals surface area contributed by atoms with Crippen molar-refractivity contribution >= 4 is 27.3 Å². The van der Waals surface area contributed by atoms with Crippen molar-refractivity contribution in [2.45, 2.75) is 18.9 Å². The number of pyridine rings is 1. The molecular formula is C10H13ClN2O2S. The Bertz CT molecular complexity index is 461. The summed E-state index contributed by atoms with van der Waals surface area (Å²) in [6.45, 7) is 0. The summed E-state index contributed by atoms with van der Waals surface area (Å²) in [7, 11) is -2.81. The number of sulfone groups is 1. The lowest BCUT2D eigenvalue weighted by atomic mass is 10.1. The van der Waals surface area contributed by atoms with E-state index in [1.807, 2.05) is 0 Å². The van der Waals surface area contributed by atoms with Gasteiger partial charge in [0, 0.05) is 12.2 Å². The van der Waals surface area contributed by atoms with Crippen molar-refractivity contribution in [1.82, 2.24) is 4.98 Å². The van der Waals surface area contributed by atoms with E-state index in [1.54, 1.807) is 18.3 Å². The zero-order valence-corrected chi connectivity index (χ0v) is 10.3. The average Bonchev–Trinajstić information content (AvgIpc) is 2.24. The third-order valence-electron chi connectivity index (χ3n) is 2.65. The number of hydrogen-bond donors (Lipinski definition) is 1. The maximum absolute atomic E-state index is 11.2. The van der Waals surface area contributed by atoms with Crippen LogP contribution in [0.5, 0.6) is 0 Å². The van der Waals surface area contributed by atoms with Crippen molar-refractivity contribution in [1.29, 1.82) is 0 Å². The predicted octanol–water partition coefficient (Wildman–Crippen LogP) is 1.72. The highest BCUT2D eigenvalue weighted by Crippen LogP contribution is 2.22. The van der Waals surface area contributed by atoms with Crippen molar-refractivity contribution < 1.29 is 8.42 Å². The Labute approximate surface area is 99.9 Å². The third-order valence-corrected chi connectivity index (χ3v) is 4.67. The smallest absolute Gasteiger partial charge is 0.150 e. The van der Waals surface area contributed by atoms with Gasteiger partial charge in [-0.15, -0.1) is 0 Å². The molecule has 1 fully saturated rings. The first-order chi connectivity index (χ1) is 7.57. The lowest BCUT2D eigenvalue weighted by molar-refractivity contribution is 0.559. The number of anilines is 1. The van der Waals surface area contributed by atoms with E-state index >= 15 is 0 Å². The molecule has 0 atom stereocenters. The van der Waals surface area contributed by atoms with Crippen LogP contribution in [-0.4, -0.2) is 30.9 Å². The molecule has 0 amide bonds. The summed E-state index contributed by atoms with van der Waals surface area (Å²) in [4.78, 5) is 4.12. The van der Waals surface area contributed by atoms with Crippen molar-refractivity contribution in [2.24, 2.45) is 0 Å². The topological polar surface area (TPSA) is 59.1 Å². The summed E-state index contributed by atoms with van der Waals surface area (Å²) < 4.78 is 22.5. The summed E-state index contributed by atoms with van der Waals surface area (Å²) in [5, 5.41) is 3.75. The molecule has 2 heterocycles. The van der Waals surface area contributed by atoms with Crippen LogP contribution in [0.1, 0.15) is 12.8 Å². The molecule has 1 aromatic rings. The van der Waals surface area contributed by atoms with E-state index < -0.39 is 9.84 Å². The molecule has 0 saturated carbocycles. The van der Waals surface area contributed by atoms with Crippen molar-refractivity contribution in [3.05, 3.63) is 23.4 Å².